The second-order valence-electron chi connectivity index (χ2n) is 3.85. The smallest absolute Gasteiger partial charge is 0.0821 e. The first-order valence-electron chi connectivity index (χ1n) is 5.39. The average molecular weight is 290 g/mol. The highest BCUT2D eigenvalue weighted by atomic mass is 79.9. The number of ether oxygens (including phenoxy) is 1. The lowest BCUT2D eigenvalue weighted by Crippen LogP contribution is -2.37. The van der Waals surface area contributed by atoms with E-state index in [2.05, 4.69) is 32.7 Å². The van der Waals surface area contributed by atoms with Gasteiger partial charge in [-0.3, -0.25) is 0 Å². The minimum atomic E-state index is 0.567. The van der Waals surface area contributed by atoms with Crippen LogP contribution in [0.2, 0.25) is 0 Å². The zero-order valence-corrected chi connectivity index (χ0v) is 11.1. The van der Waals surface area contributed by atoms with Crippen molar-refractivity contribution in [1.29, 1.82) is 0 Å². The van der Waals surface area contributed by atoms with Gasteiger partial charge in [-0.2, -0.15) is 0 Å². The van der Waals surface area contributed by atoms with Crippen molar-refractivity contribution < 1.29 is 4.74 Å². The Bertz CT molecular complexity index is 297. The Balaban J connectivity index is 1.68. The summed E-state index contributed by atoms with van der Waals surface area (Å²) in [5, 5.41) is 5.57. The van der Waals surface area contributed by atoms with E-state index in [4.69, 9.17) is 4.74 Å². The van der Waals surface area contributed by atoms with E-state index in [1.165, 1.54) is 28.6 Å². The number of hydrogen-bond donors (Lipinski definition) is 1. The number of nitrogens with one attached hydrogen (secondary N) is 1. The number of halogens is 1. The molecule has 2 heterocycles. The Morgan fingerprint density at radius 3 is 3.13 bits per heavy atom. The third-order valence-corrected chi connectivity index (χ3v) is 4.56. The van der Waals surface area contributed by atoms with E-state index in [-0.39, 0.29) is 0 Å². The van der Waals surface area contributed by atoms with Crippen LogP contribution in [0.4, 0.5) is 0 Å². The van der Waals surface area contributed by atoms with E-state index in [1.807, 2.05) is 0 Å². The first kappa shape index (κ1) is 11.6. The van der Waals surface area contributed by atoms with Gasteiger partial charge in [0.15, 0.2) is 0 Å². The molecule has 15 heavy (non-hydrogen) atoms. The van der Waals surface area contributed by atoms with Crippen LogP contribution in [0.3, 0.4) is 0 Å². The molecule has 2 rings (SSSR count). The molecule has 84 valence electrons. The highest BCUT2D eigenvalue weighted by Gasteiger charge is 2.12. The summed E-state index contributed by atoms with van der Waals surface area (Å²) in [4.78, 5) is 1.28. The second-order valence-corrected chi connectivity index (χ2v) is 5.71. The molecule has 2 nitrogen and oxygen atoms in total. The van der Waals surface area contributed by atoms with Crippen LogP contribution < -0.4 is 5.32 Å². The highest BCUT2D eigenvalue weighted by Crippen LogP contribution is 2.23. The molecule has 4 heteroatoms. The summed E-state index contributed by atoms with van der Waals surface area (Å²) in [5.41, 5.74) is 0. The molecule has 0 spiro atoms. The van der Waals surface area contributed by atoms with Crippen LogP contribution in [0.15, 0.2) is 15.9 Å². The zero-order chi connectivity index (χ0) is 10.5. The van der Waals surface area contributed by atoms with Crippen LogP contribution in [0.1, 0.15) is 24.1 Å². The maximum Gasteiger partial charge on any atom is 0.0821 e. The van der Waals surface area contributed by atoms with Gasteiger partial charge in [0.1, 0.15) is 0 Å². The zero-order valence-electron chi connectivity index (χ0n) is 8.67. The summed E-state index contributed by atoms with van der Waals surface area (Å²) in [6.07, 6.45) is 3.91. The lowest BCUT2D eigenvalue weighted by Gasteiger charge is -2.23. The molecule has 1 aliphatic heterocycles. The maximum atomic E-state index is 5.72. The van der Waals surface area contributed by atoms with Crippen LogP contribution >= 0.6 is 27.3 Å². The molecule has 0 bridgehead atoms. The molecule has 1 atom stereocenters. The first-order valence-corrected chi connectivity index (χ1v) is 7.06. The van der Waals surface area contributed by atoms with Crippen LogP contribution in [0.5, 0.6) is 0 Å². The van der Waals surface area contributed by atoms with Crippen molar-refractivity contribution in [3.8, 4) is 0 Å². The lowest BCUT2D eigenvalue weighted by molar-refractivity contribution is 0.0925. The van der Waals surface area contributed by atoms with E-state index in [0.717, 1.165) is 19.8 Å². The minimum absolute atomic E-state index is 0.567. The van der Waals surface area contributed by atoms with Gasteiger partial charge in [-0.15, -0.1) is 11.3 Å². The summed E-state index contributed by atoms with van der Waals surface area (Å²) in [7, 11) is 0. The van der Waals surface area contributed by atoms with Crippen molar-refractivity contribution in [3.63, 3.8) is 0 Å². The van der Waals surface area contributed by atoms with E-state index < -0.39 is 0 Å². The maximum absolute atomic E-state index is 5.72. The Kier molecular flexibility index (Phi) is 4.62. The summed E-state index contributed by atoms with van der Waals surface area (Å²) in [6, 6.07) is 2.64. The standard InChI is InChI=1S/C11H16BrNOS/c12-10-4-6-15-11(10)8-14-7-9-3-1-2-5-13-9/h4,6,9,13H,1-3,5,7-8H2. The molecule has 1 aromatic heterocycles. The molecular formula is C11H16BrNOS. The third kappa shape index (κ3) is 3.55. The van der Waals surface area contributed by atoms with Crippen molar-refractivity contribution in [2.24, 2.45) is 0 Å². The largest absolute Gasteiger partial charge is 0.374 e. The van der Waals surface area contributed by atoms with Crippen LogP contribution in [0, 0.1) is 0 Å². The molecule has 1 aliphatic rings. The van der Waals surface area contributed by atoms with Crippen molar-refractivity contribution >= 4 is 27.3 Å². The fourth-order valence-electron chi connectivity index (χ4n) is 1.79. The molecule has 0 saturated carbocycles. The highest BCUT2D eigenvalue weighted by molar-refractivity contribution is 9.10. The van der Waals surface area contributed by atoms with Gasteiger partial charge in [0, 0.05) is 15.4 Å². The summed E-state index contributed by atoms with van der Waals surface area (Å²) >= 11 is 5.25. The van der Waals surface area contributed by atoms with Crippen LogP contribution in [-0.4, -0.2) is 19.2 Å². The fourth-order valence-corrected chi connectivity index (χ4v) is 3.19. The first-order chi connectivity index (χ1) is 7.36. The predicted molar refractivity (Wildman–Crippen MR) is 67.3 cm³/mol. The number of hydrogen-bond acceptors (Lipinski definition) is 3. The van der Waals surface area contributed by atoms with E-state index in [1.54, 1.807) is 11.3 Å². The van der Waals surface area contributed by atoms with Gasteiger partial charge in [-0.05, 0) is 46.8 Å². The predicted octanol–water partition coefficient (Wildman–Crippen LogP) is 3.17. The summed E-state index contributed by atoms with van der Waals surface area (Å²) in [6.45, 7) is 2.72. The lowest BCUT2D eigenvalue weighted by atomic mass is 10.1. The number of thiophene rings is 1. The molecule has 0 radical (unpaired) electrons. The van der Waals surface area contributed by atoms with Gasteiger partial charge in [0.05, 0.1) is 13.2 Å². The van der Waals surface area contributed by atoms with Crippen molar-refractivity contribution in [1.82, 2.24) is 5.32 Å². The Hall–Kier alpha value is 0.1000. The van der Waals surface area contributed by atoms with Crippen LogP contribution in [0.25, 0.3) is 0 Å². The Morgan fingerprint density at radius 2 is 2.47 bits per heavy atom. The third-order valence-electron chi connectivity index (χ3n) is 2.66. The number of rotatable bonds is 4. The summed E-state index contributed by atoms with van der Waals surface area (Å²) < 4.78 is 6.89. The van der Waals surface area contributed by atoms with Crippen molar-refractivity contribution in [2.75, 3.05) is 13.2 Å². The Morgan fingerprint density at radius 1 is 1.53 bits per heavy atom. The van der Waals surface area contributed by atoms with Gasteiger partial charge < -0.3 is 10.1 Å². The van der Waals surface area contributed by atoms with Crippen molar-refractivity contribution in [3.05, 3.63) is 20.8 Å². The molecular weight excluding hydrogens is 274 g/mol. The summed E-state index contributed by atoms with van der Waals surface area (Å²) in [5.74, 6) is 0. The topological polar surface area (TPSA) is 21.3 Å². The van der Waals surface area contributed by atoms with Gasteiger partial charge in [0.25, 0.3) is 0 Å². The molecule has 0 amide bonds. The van der Waals surface area contributed by atoms with E-state index >= 15 is 0 Å². The normalized spacial score (nSPS) is 21.8. The molecule has 1 saturated heterocycles. The minimum Gasteiger partial charge on any atom is -0.374 e. The molecule has 1 aromatic rings. The van der Waals surface area contributed by atoms with E-state index in [9.17, 15) is 0 Å². The molecule has 1 unspecified atom stereocenters. The molecule has 0 aliphatic carbocycles. The molecule has 1 N–H and O–H groups in total. The average Bonchev–Trinajstić information content (AvgIpc) is 2.66. The number of piperidine rings is 1. The van der Waals surface area contributed by atoms with Crippen LogP contribution in [-0.2, 0) is 11.3 Å². The van der Waals surface area contributed by atoms with Gasteiger partial charge in [0.2, 0.25) is 0 Å². The van der Waals surface area contributed by atoms with Gasteiger partial charge >= 0.3 is 0 Å². The molecule has 1 fully saturated rings. The SMILES string of the molecule is Brc1ccsc1COCC1CCCCN1. The molecule has 0 aromatic carbocycles. The fraction of sp³-hybridized carbons (Fsp3) is 0.636. The monoisotopic (exact) mass is 289 g/mol. The van der Waals surface area contributed by atoms with Gasteiger partial charge in [-0.25, -0.2) is 0 Å². The van der Waals surface area contributed by atoms with Crippen molar-refractivity contribution in [2.45, 2.75) is 31.9 Å². The van der Waals surface area contributed by atoms with Gasteiger partial charge in [-0.1, -0.05) is 6.42 Å². The van der Waals surface area contributed by atoms with E-state index in [0.29, 0.717) is 6.04 Å². The Labute approximate surface area is 103 Å². The second kappa shape index (κ2) is 5.99. The quantitative estimate of drug-likeness (QED) is 0.919.